The number of hydrogen-bond acceptors (Lipinski definition) is 2. The molecule has 0 fully saturated rings. The van der Waals surface area contributed by atoms with Crippen molar-refractivity contribution in [1.29, 1.82) is 0 Å². The van der Waals surface area contributed by atoms with Gasteiger partial charge in [0.2, 0.25) is 0 Å². The third-order valence-electron chi connectivity index (χ3n) is 2.79. The Hall–Kier alpha value is -1.20. The maximum Gasteiger partial charge on any atom is 0.0346 e. The average Bonchev–Trinajstić information content (AvgIpc) is 2.42. The number of nitrogens with zero attached hydrogens (tertiary/aromatic N) is 2. The second-order valence-corrected chi connectivity index (χ2v) is 5.87. The summed E-state index contributed by atoms with van der Waals surface area (Å²) in [6.07, 6.45) is 5.97. The fourth-order valence-electron chi connectivity index (χ4n) is 1.83. The zero-order chi connectivity index (χ0) is 13.7. The summed E-state index contributed by atoms with van der Waals surface area (Å²) in [6.45, 7) is 0.913. The smallest absolute Gasteiger partial charge is 0.0346 e. The van der Waals surface area contributed by atoms with Gasteiger partial charge in [0, 0.05) is 28.1 Å². The minimum absolute atomic E-state index is 0.913. The van der Waals surface area contributed by atoms with E-state index in [9.17, 15) is 0 Å². The van der Waals surface area contributed by atoms with Crippen molar-refractivity contribution in [2.75, 3.05) is 20.6 Å². The molecule has 0 bridgehead atoms. The molecule has 0 aliphatic carbocycles. The molecule has 1 heterocycles. The fraction of sp³-hybridized carbons (Fsp3) is 0.188. The number of halogens is 1. The highest BCUT2D eigenvalue weighted by Gasteiger charge is 2.05. The summed E-state index contributed by atoms with van der Waals surface area (Å²) in [5, 5.41) is 0. The van der Waals surface area contributed by atoms with E-state index in [4.69, 9.17) is 0 Å². The highest BCUT2D eigenvalue weighted by atomic mass is 123. The van der Waals surface area contributed by atoms with Gasteiger partial charge in [0.1, 0.15) is 0 Å². The number of rotatable bonds is 4. The Balaban J connectivity index is 2.40. The van der Waals surface area contributed by atoms with Crippen molar-refractivity contribution in [1.82, 2.24) is 9.88 Å². The molecule has 2 aromatic rings. The molecule has 2 nitrogen and oxygen atoms in total. The molecule has 0 spiro atoms. The molecule has 0 atom stereocenters. The molecule has 0 N–H and O–H groups in total. The van der Waals surface area contributed by atoms with Gasteiger partial charge in [-0.25, -0.2) is 0 Å². The van der Waals surface area contributed by atoms with Crippen LogP contribution in [0.1, 0.15) is 11.1 Å². The molecule has 0 aliphatic rings. The van der Waals surface area contributed by atoms with Crippen LogP contribution in [0.25, 0.3) is 5.57 Å². The number of aromatic nitrogens is 1. The SMILES string of the molecule is CN(C)C/C=C(/c1ccc([123I])cc1)c1cccnc1. The minimum atomic E-state index is 0.913. The summed E-state index contributed by atoms with van der Waals surface area (Å²) < 4.78 is 1.25. The summed E-state index contributed by atoms with van der Waals surface area (Å²) in [4.78, 5) is 6.38. The highest BCUT2D eigenvalue weighted by Crippen LogP contribution is 2.23. The molecule has 1 aromatic carbocycles. The van der Waals surface area contributed by atoms with Gasteiger partial charge in [-0.05, 0) is 66.0 Å². The van der Waals surface area contributed by atoms with Crippen molar-refractivity contribution < 1.29 is 0 Å². The largest absolute Gasteiger partial charge is 0.306 e. The van der Waals surface area contributed by atoms with Gasteiger partial charge in [-0.1, -0.05) is 24.3 Å². The van der Waals surface area contributed by atoms with Crippen molar-refractivity contribution in [3.63, 3.8) is 0 Å². The quantitative estimate of drug-likeness (QED) is 0.774. The van der Waals surface area contributed by atoms with Gasteiger partial charge in [-0.15, -0.1) is 0 Å². The molecule has 0 unspecified atom stereocenters. The number of likely N-dealkylation sites (N-methyl/N-ethyl adjacent to an activating group) is 1. The molecule has 19 heavy (non-hydrogen) atoms. The van der Waals surface area contributed by atoms with E-state index in [1.165, 1.54) is 14.7 Å². The van der Waals surface area contributed by atoms with Gasteiger partial charge >= 0.3 is 0 Å². The lowest BCUT2D eigenvalue weighted by molar-refractivity contribution is 0.457. The summed E-state index contributed by atoms with van der Waals surface area (Å²) in [7, 11) is 4.15. The molecule has 0 aliphatic heterocycles. The van der Waals surface area contributed by atoms with Crippen LogP contribution < -0.4 is 0 Å². The Morgan fingerprint density at radius 3 is 2.47 bits per heavy atom. The Kier molecular flexibility index (Phi) is 5.10. The molecular formula is C16H17IN2. The number of benzene rings is 1. The van der Waals surface area contributed by atoms with Crippen LogP contribution in [-0.4, -0.2) is 30.5 Å². The van der Waals surface area contributed by atoms with Crippen LogP contribution in [0.2, 0.25) is 0 Å². The third-order valence-corrected chi connectivity index (χ3v) is 3.51. The van der Waals surface area contributed by atoms with Gasteiger partial charge in [0.05, 0.1) is 0 Å². The van der Waals surface area contributed by atoms with E-state index in [1.54, 1.807) is 6.20 Å². The first-order chi connectivity index (χ1) is 9.16. The second-order valence-electron chi connectivity index (χ2n) is 4.63. The van der Waals surface area contributed by atoms with E-state index < -0.39 is 0 Å². The van der Waals surface area contributed by atoms with E-state index in [-0.39, 0.29) is 0 Å². The Labute approximate surface area is 128 Å². The maximum atomic E-state index is 4.22. The minimum Gasteiger partial charge on any atom is -0.306 e. The van der Waals surface area contributed by atoms with Crippen molar-refractivity contribution in [3.8, 4) is 0 Å². The number of pyridine rings is 1. The first-order valence-electron chi connectivity index (χ1n) is 6.18. The lowest BCUT2D eigenvalue weighted by Gasteiger charge is -2.11. The van der Waals surface area contributed by atoms with Gasteiger partial charge in [0.25, 0.3) is 0 Å². The molecule has 3 heteroatoms. The van der Waals surface area contributed by atoms with Crippen LogP contribution >= 0.6 is 22.6 Å². The van der Waals surface area contributed by atoms with Crippen molar-refractivity contribution in [2.24, 2.45) is 0 Å². The van der Waals surface area contributed by atoms with E-state index in [2.05, 4.69) is 83.0 Å². The van der Waals surface area contributed by atoms with E-state index in [0.717, 1.165) is 12.1 Å². The first-order valence-corrected chi connectivity index (χ1v) is 7.26. The predicted molar refractivity (Wildman–Crippen MR) is 89.0 cm³/mol. The number of hydrogen-bond donors (Lipinski definition) is 0. The standard InChI is InChI=1S/C16H17IN2/c1-19(2)11-9-16(14-4-3-10-18-12-14)13-5-7-15(17)8-6-13/h3-10,12H,11H2,1-2H3/b16-9-/i17-4. The summed E-state index contributed by atoms with van der Waals surface area (Å²) >= 11 is 2.33. The van der Waals surface area contributed by atoms with Crippen LogP contribution in [-0.2, 0) is 0 Å². The topological polar surface area (TPSA) is 16.1 Å². The lowest BCUT2D eigenvalue weighted by atomic mass is 9.99. The summed E-state index contributed by atoms with van der Waals surface area (Å²) in [5.41, 5.74) is 3.62. The van der Waals surface area contributed by atoms with Crippen LogP contribution in [0.15, 0.2) is 54.9 Å². The van der Waals surface area contributed by atoms with E-state index >= 15 is 0 Å². The van der Waals surface area contributed by atoms with Crippen molar-refractivity contribution in [3.05, 3.63) is 69.6 Å². The van der Waals surface area contributed by atoms with Crippen LogP contribution in [0.5, 0.6) is 0 Å². The lowest BCUT2D eigenvalue weighted by Crippen LogP contribution is -2.11. The van der Waals surface area contributed by atoms with Gasteiger partial charge in [0.15, 0.2) is 0 Å². The molecule has 2 rings (SSSR count). The van der Waals surface area contributed by atoms with Gasteiger partial charge in [-0.3, -0.25) is 4.98 Å². The van der Waals surface area contributed by atoms with Gasteiger partial charge < -0.3 is 4.90 Å². The van der Waals surface area contributed by atoms with Crippen molar-refractivity contribution >= 4 is 28.2 Å². The molecular weight excluding hydrogens is 343 g/mol. The zero-order valence-corrected chi connectivity index (χ0v) is 13.3. The molecule has 1 aromatic heterocycles. The third kappa shape index (κ3) is 4.14. The Bertz CT molecular complexity index is 545. The first kappa shape index (κ1) is 14.2. The van der Waals surface area contributed by atoms with Crippen LogP contribution in [0, 0.1) is 3.57 Å². The monoisotopic (exact) mass is 360 g/mol. The normalized spacial score (nSPS) is 11.9. The Morgan fingerprint density at radius 2 is 1.89 bits per heavy atom. The zero-order valence-electron chi connectivity index (χ0n) is 11.2. The van der Waals surface area contributed by atoms with Crippen LogP contribution in [0.3, 0.4) is 0 Å². The fourth-order valence-corrected chi connectivity index (χ4v) is 2.19. The van der Waals surface area contributed by atoms with Crippen LogP contribution in [0.4, 0.5) is 0 Å². The maximum absolute atomic E-state index is 4.22. The van der Waals surface area contributed by atoms with E-state index in [0.29, 0.717) is 0 Å². The Morgan fingerprint density at radius 1 is 1.16 bits per heavy atom. The molecule has 0 saturated heterocycles. The molecule has 98 valence electrons. The predicted octanol–water partition coefficient (Wildman–Crippen LogP) is 3.68. The second kappa shape index (κ2) is 6.82. The highest BCUT2D eigenvalue weighted by molar-refractivity contribution is 14.1. The molecule has 0 saturated carbocycles. The van der Waals surface area contributed by atoms with E-state index in [1.807, 2.05) is 12.3 Å². The van der Waals surface area contributed by atoms with Crippen molar-refractivity contribution in [2.45, 2.75) is 0 Å². The molecule has 0 amide bonds. The van der Waals surface area contributed by atoms with Gasteiger partial charge in [-0.2, -0.15) is 0 Å². The molecule has 0 radical (unpaired) electrons. The summed E-state index contributed by atoms with van der Waals surface area (Å²) in [5.74, 6) is 0. The average molecular weight is 360 g/mol. The summed E-state index contributed by atoms with van der Waals surface area (Å²) in [6, 6.07) is 12.7.